The van der Waals surface area contributed by atoms with Gasteiger partial charge in [0.15, 0.2) is 5.96 Å². The molecule has 0 radical (unpaired) electrons. The maximum absolute atomic E-state index is 10.1. The Bertz CT molecular complexity index is 430. The quantitative estimate of drug-likeness (QED) is 0.210. The van der Waals surface area contributed by atoms with Crippen LogP contribution in [0.3, 0.4) is 0 Å². The topological polar surface area (TPSA) is 65.9 Å². The number of nitrogens with one attached hydrogen (secondary N) is 2. The lowest BCUT2D eigenvalue weighted by Gasteiger charge is -2.13. The number of rotatable bonds is 11. The third-order valence-corrected chi connectivity index (χ3v) is 3.33. The molecule has 24 heavy (non-hydrogen) atoms. The summed E-state index contributed by atoms with van der Waals surface area (Å²) in [6.07, 6.45) is 2.23. The molecule has 138 valence electrons. The molecule has 1 rings (SSSR count). The number of aliphatic hydroxyl groups is 1. The predicted octanol–water partition coefficient (Wildman–Crippen LogP) is 2.58. The second-order valence-corrected chi connectivity index (χ2v) is 5.39. The summed E-state index contributed by atoms with van der Waals surface area (Å²) in [5.74, 6) is 0.760. The van der Waals surface area contributed by atoms with E-state index in [9.17, 15) is 5.11 Å². The van der Waals surface area contributed by atoms with E-state index in [2.05, 4.69) is 15.6 Å². The van der Waals surface area contributed by atoms with Gasteiger partial charge in [-0.05, 0) is 32.3 Å². The Balaban J connectivity index is 0.00000529. The van der Waals surface area contributed by atoms with E-state index >= 15 is 0 Å². The fourth-order valence-corrected chi connectivity index (χ4v) is 2.17. The lowest BCUT2D eigenvalue weighted by molar-refractivity contribution is 0.143. The first-order valence-corrected chi connectivity index (χ1v) is 8.58. The van der Waals surface area contributed by atoms with Crippen LogP contribution in [0.4, 0.5) is 0 Å². The monoisotopic (exact) mass is 449 g/mol. The number of ether oxygens (including phenoxy) is 1. The van der Waals surface area contributed by atoms with Crippen LogP contribution in [0.5, 0.6) is 0 Å². The first kappa shape index (κ1) is 23.1. The normalized spacial score (nSPS) is 12.4. The molecule has 0 heterocycles. The van der Waals surface area contributed by atoms with E-state index in [1.165, 1.54) is 0 Å². The van der Waals surface area contributed by atoms with Crippen molar-refractivity contribution < 1.29 is 9.84 Å². The second kappa shape index (κ2) is 15.7. The van der Waals surface area contributed by atoms with Crippen LogP contribution in [-0.4, -0.2) is 50.0 Å². The van der Waals surface area contributed by atoms with Crippen molar-refractivity contribution in [2.24, 2.45) is 4.99 Å². The molecule has 0 saturated carbocycles. The molecule has 0 bridgehead atoms. The van der Waals surface area contributed by atoms with Crippen molar-refractivity contribution in [3.05, 3.63) is 35.9 Å². The van der Waals surface area contributed by atoms with Gasteiger partial charge in [-0.1, -0.05) is 30.3 Å². The molecule has 1 aromatic rings. The number of unbranched alkanes of at least 4 members (excludes halogenated alkanes) is 1. The van der Waals surface area contributed by atoms with Gasteiger partial charge < -0.3 is 20.5 Å². The number of halogens is 1. The van der Waals surface area contributed by atoms with E-state index in [0.717, 1.165) is 50.7 Å². The van der Waals surface area contributed by atoms with Crippen LogP contribution in [0.1, 0.15) is 32.3 Å². The van der Waals surface area contributed by atoms with Gasteiger partial charge in [-0.15, -0.1) is 24.0 Å². The number of guanidine groups is 1. The zero-order valence-electron chi connectivity index (χ0n) is 14.8. The fraction of sp³-hybridized carbons (Fsp3) is 0.611. The molecule has 0 aliphatic carbocycles. The molecule has 1 atom stereocenters. The molecule has 1 unspecified atom stereocenters. The second-order valence-electron chi connectivity index (χ2n) is 5.39. The number of aliphatic hydroxyl groups excluding tert-OH is 1. The van der Waals surface area contributed by atoms with Gasteiger partial charge in [0.05, 0.1) is 12.6 Å². The summed E-state index contributed by atoms with van der Waals surface area (Å²) in [4.78, 5) is 4.46. The molecule has 0 amide bonds. The maximum atomic E-state index is 10.1. The minimum absolute atomic E-state index is 0. The molecule has 5 nitrogen and oxygen atoms in total. The van der Waals surface area contributed by atoms with E-state index in [-0.39, 0.29) is 24.0 Å². The highest BCUT2D eigenvalue weighted by Crippen LogP contribution is 2.03. The van der Waals surface area contributed by atoms with Crippen molar-refractivity contribution in [3.8, 4) is 0 Å². The van der Waals surface area contributed by atoms with Crippen LogP contribution in [0, 0.1) is 0 Å². The molecule has 3 N–H and O–H groups in total. The van der Waals surface area contributed by atoms with Crippen LogP contribution >= 0.6 is 24.0 Å². The number of nitrogens with zero attached hydrogens (tertiary/aromatic N) is 1. The van der Waals surface area contributed by atoms with Gasteiger partial charge in [0, 0.05) is 32.7 Å². The van der Waals surface area contributed by atoms with Gasteiger partial charge in [0.2, 0.25) is 0 Å². The van der Waals surface area contributed by atoms with Crippen LogP contribution < -0.4 is 10.6 Å². The summed E-state index contributed by atoms with van der Waals surface area (Å²) in [6, 6.07) is 9.99. The Kier molecular flexibility index (Phi) is 15.1. The molecule has 6 heteroatoms. The van der Waals surface area contributed by atoms with Crippen molar-refractivity contribution in [1.29, 1.82) is 0 Å². The van der Waals surface area contributed by atoms with Crippen molar-refractivity contribution in [2.75, 3.05) is 32.8 Å². The van der Waals surface area contributed by atoms with Crippen LogP contribution in [0.15, 0.2) is 35.3 Å². The largest absolute Gasteiger partial charge is 0.391 e. The van der Waals surface area contributed by atoms with E-state index < -0.39 is 6.10 Å². The molecule has 1 aromatic carbocycles. The zero-order valence-corrected chi connectivity index (χ0v) is 17.2. The third-order valence-electron chi connectivity index (χ3n) is 3.33. The first-order chi connectivity index (χ1) is 11.3. The van der Waals surface area contributed by atoms with Crippen molar-refractivity contribution >= 4 is 29.9 Å². The lowest BCUT2D eigenvalue weighted by atomic mass is 10.1. The number of hydrogen-bond acceptors (Lipinski definition) is 3. The van der Waals surface area contributed by atoms with Crippen LogP contribution in [0.2, 0.25) is 0 Å². The molecule has 0 fully saturated rings. The van der Waals surface area contributed by atoms with Gasteiger partial charge >= 0.3 is 0 Å². The SMILES string of the molecule is CCNC(=NCC(O)Cc1ccccc1)NCCCCOCC.I. The Morgan fingerprint density at radius 3 is 2.58 bits per heavy atom. The third kappa shape index (κ3) is 11.6. The van der Waals surface area contributed by atoms with Crippen molar-refractivity contribution in [2.45, 2.75) is 39.2 Å². The van der Waals surface area contributed by atoms with Gasteiger partial charge in [0.1, 0.15) is 0 Å². The summed E-state index contributed by atoms with van der Waals surface area (Å²) >= 11 is 0. The van der Waals surface area contributed by atoms with Crippen LogP contribution in [0.25, 0.3) is 0 Å². The minimum atomic E-state index is -0.467. The smallest absolute Gasteiger partial charge is 0.191 e. The van der Waals surface area contributed by atoms with Gasteiger partial charge in [0.25, 0.3) is 0 Å². The lowest BCUT2D eigenvalue weighted by Crippen LogP contribution is -2.38. The standard InChI is InChI=1S/C18H31N3O2.HI/c1-3-19-18(20-12-8-9-13-23-4-2)21-15-17(22)14-16-10-6-5-7-11-16;/h5-7,10-11,17,22H,3-4,8-9,12-15H2,1-2H3,(H2,19,20,21);1H. The molecular formula is C18H32IN3O2. The Morgan fingerprint density at radius 1 is 1.17 bits per heavy atom. The average Bonchev–Trinajstić information content (AvgIpc) is 2.56. The van der Waals surface area contributed by atoms with E-state index in [1.54, 1.807) is 0 Å². The van der Waals surface area contributed by atoms with Gasteiger partial charge in [-0.3, -0.25) is 4.99 Å². The molecule has 0 saturated heterocycles. The van der Waals surface area contributed by atoms with Crippen LogP contribution in [-0.2, 0) is 11.2 Å². The van der Waals surface area contributed by atoms with Gasteiger partial charge in [-0.2, -0.15) is 0 Å². The summed E-state index contributed by atoms with van der Waals surface area (Å²) in [7, 11) is 0. The average molecular weight is 449 g/mol. The predicted molar refractivity (Wildman–Crippen MR) is 111 cm³/mol. The number of hydrogen-bond donors (Lipinski definition) is 3. The fourth-order valence-electron chi connectivity index (χ4n) is 2.17. The van der Waals surface area contributed by atoms with E-state index in [0.29, 0.717) is 13.0 Å². The highest BCUT2D eigenvalue weighted by Gasteiger charge is 2.05. The Labute approximate surface area is 163 Å². The number of benzene rings is 1. The highest BCUT2D eigenvalue weighted by molar-refractivity contribution is 14.0. The molecular weight excluding hydrogens is 417 g/mol. The minimum Gasteiger partial charge on any atom is -0.391 e. The zero-order chi connectivity index (χ0) is 16.8. The number of aliphatic imine (C=N–C) groups is 1. The summed E-state index contributed by atoms with van der Waals surface area (Å²) in [5, 5.41) is 16.6. The van der Waals surface area contributed by atoms with Crippen molar-refractivity contribution in [1.82, 2.24) is 10.6 Å². The van der Waals surface area contributed by atoms with Crippen molar-refractivity contribution in [3.63, 3.8) is 0 Å². The van der Waals surface area contributed by atoms with E-state index in [4.69, 9.17) is 4.74 Å². The maximum Gasteiger partial charge on any atom is 0.191 e. The first-order valence-electron chi connectivity index (χ1n) is 8.58. The molecule has 0 aromatic heterocycles. The highest BCUT2D eigenvalue weighted by atomic mass is 127. The molecule has 0 aliphatic heterocycles. The Hall–Kier alpha value is -0.860. The Morgan fingerprint density at radius 2 is 1.92 bits per heavy atom. The summed E-state index contributed by atoms with van der Waals surface area (Å²) in [5.41, 5.74) is 1.13. The molecule has 0 aliphatic rings. The van der Waals surface area contributed by atoms with E-state index in [1.807, 2.05) is 44.2 Å². The molecule has 0 spiro atoms. The summed E-state index contributed by atoms with van der Waals surface area (Å²) in [6.45, 7) is 7.68. The summed E-state index contributed by atoms with van der Waals surface area (Å²) < 4.78 is 5.32. The van der Waals surface area contributed by atoms with Gasteiger partial charge in [-0.25, -0.2) is 0 Å².